The van der Waals surface area contributed by atoms with Crippen molar-refractivity contribution in [1.29, 1.82) is 0 Å². The van der Waals surface area contributed by atoms with E-state index in [9.17, 15) is 4.79 Å². The largest absolute Gasteiger partial charge is 0.478 e. The third kappa shape index (κ3) is 14.2. The molecular weight excluding hydrogens is 494 g/mol. The van der Waals surface area contributed by atoms with Crippen molar-refractivity contribution in [3.8, 4) is 11.5 Å². The summed E-state index contributed by atoms with van der Waals surface area (Å²) in [5.74, 6) is 2.01. The molecule has 4 nitrogen and oxygen atoms in total. The zero-order valence-corrected chi connectivity index (χ0v) is 27.6. The Morgan fingerprint density at radius 2 is 1.52 bits per heavy atom. The number of rotatable bonds is 14. The van der Waals surface area contributed by atoms with Crippen molar-refractivity contribution in [2.75, 3.05) is 19.6 Å². The Labute approximate surface area is 246 Å². The van der Waals surface area contributed by atoms with Crippen LogP contribution in [0.15, 0.2) is 48.0 Å². The van der Waals surface area contributed by atoms with Crippen molar-refractivity contribution in [2.24, 2.45) is 11.8 Å². The van der Waals surface area contributed by atoms with E-state index in [1.165, 1.54) is 68.1 Å². The standard InChI is InChI=1S/C20H22O3.C14H31N.C2H6/c1-5-13(2)15(4)19-12-18(10-9-14(19)3)23-17-8-6-7-16(11-17)20(21)22;1-6-10-15(12-14(5)8-3)11-9-13(4)7-2;1-2/h6-12H,5H2,1-4H3,(H,21,22);13-14H,6-12H2,1-5H3;1-2H3/b15-13-;;. The smallest absolute Gasteiger partial charge is 0.335 e. The first-order valence-corrected chi connectivity index (χ1v) is 15.6. The molecule has 2 unspecified atom stereocenters. The monoisotopic (exact) mass is 553 g/mol. The fourth-order valence-electron chi connectivity index (χ4n) is 4.18. The first-order valence-electron chi connectivity index (χ1n) is 15.6. The molecule has 0 aliphatic carbocycles. The molecule has 1 N–H and O–H groups in total. The second-order valence-electron chi connectivity index (χ2n) is 10.8. The molecule has 40 heavy (non-hydrogen) atoms. The molecule has 2 rings (SSSR count). The third-order valence-corrected chi connectivity index (χ3v) is 7.54. The van der Waals surface area contributed by atoms with Crippen molar-refractivity contribution in [3.05, 3.63) is 64.7 Å². The van der Waals surface area contributed by atoms with Crippen LogP contribution in [0.1, 0.15) is 123 Å². The SMILES string of the molecule is CC.CC/C(C)=C(/C)c1cc(Oc2cccc(C(=O)O)c2)ccc1C.CCCN(CCC(C)CC)CC(C)CC. The number of allylic oxidation sites excluding steroid dienone is 2. The Morgan fingerprint density at radius 1 is 0.900 bits per heavy atom. The average Bonchev–Trinajstić information content (AvgIpc) is 2.97. The van der Waals surface area contributed by atoms with Crippen LogP contribution in [-0.4, -0.2) is 35.6 Å². The zero-order chi connectivity index (χ0) is 30.7. The van der Waals surface area contributed by atoms with Crippen molar-refractivity contribution in [1.82, 2.24) is 4.90 Å². The van der Waals surface area contributed by atoms with Crippen molar-refractivity contribution in [3.63, 3.8) is 0 Å². The van der Waals surface area contributed by atoms with E-state index in [1.54, 1.807) is 18.2 Å². The average molecular weight is 554 g/mol. The number of carbonyl (C=O) groups is 1. The summed E-state index contributed by atoms with van der Waals surface area (Å²) in [6.07, 6.45) is 6.30. The van der Waals surface area contributed by atoms with E-state index in [0.29, 0.717) is 11.5 Å². The van der Waals surface area contributed by atoms with Crippen LogP contribution in [0.5, 0.6) is 11.5 Å². The molecule has 0 saturated carbocycles. The fraction of sp³-hybridized carbons (Fsp3) is 0.583. The maximum atomic E-state index is 11.0. The van der Waals surface area contributed by atoms with Gasteiger partial charge in [-0.1, -0.05) is 85.9 Å². The van der Waals surface area contributed by atoms with Crippen LogP contribution >= 0.6 is 0 Å². The molecule has 226 valence electrons. The highest BCUT2D eigenvalue weighted by Gasteiger charge is 2.10. The predicted octanol–water partition coefficient (Wildman–Crippen LogP) is 10.9. The van der Waals surface area contributed by atoms with Gasteiger partial charge >= 0.3 is 5.97 Å². The minimum absolute atomic E-state index is 0.215. The van der Waals surface area contributed by atoms with Gasteiger partial charge in [-0.05, 0) is 112 Å². The minimum Gasteiger partial charge on any atom is -0.478 e. The first kappa shape index (κ1) is 37.4. The van der Waals surface area contributed by atoms with E-state index in [1.807, 2.05) is 32.0 Å². The maximum absolute atomic E-state index is 11.0. The summed E-state index contributed by atoms with van der Waals surface area (Å²) >= 11 is 0. The Morgan fingerprint density at radius 3 is 2.08 bits per heavy atom. The maximum Gasteiger partial charge on any atom is 0.335 e. The number of hydrogen-bond acceptors (Lipinski definition) is 3. The van der Waals surface area contributed by atoms with E-state index in [2.05, 4.69) is 67.2 Å². The highest BCUT2D eigenvalue weighted by molar-refractivity contribution is 5.88. The van der Waals surface area contributed by atoms with Crippen molar-refractivity contribution in [2.45, 2.75) is 108 Å². The normalized spacial score (nSPS) is 12.8. The van der Waals surface area contributed by atoms with Crippen LogP contribution in [0.25, 0.3) is 5.57 Å². The van der Waals surface area contributed by atoms with Gasteiger partial charge in [-0.2, -0.15) is 0 Å². The molecule has 0 bridgehead atoms. The second kappa shape index (κ2) is 21.2. The van der Waals surface area contributed by atoms with Gasteiger partial charge in [0, 0.05) is 6.54 Å². The Kier molecular flexibility index (Phi) is 19.8. The molecule has 2 aromatic rings. The lowest BCUT2D eigenvalue weighted by molar-refractivity contribution is 0.0696. The van der Waals surface area contributed by atoms with Gasteiger partial charge in [-0.25, -0.2) is 4.79 Å². The minimum atomic E-state index is -0.961. The molecule has 4 heteroatoms. The lowest BCUT2D eigenvalue weighted by Crippen LogP contribution is -2.31. The fourth-order valence-corrected chi connectivity index (χ4v) is 4.18. The molecule has 0 saturated heterocycles. The zero-order valence-electron chi connectivity index (χ0n) is 27.6. The molecular formula is C36H59NO3. The number of carboxylic acid groups (broad SMARTS) is 1. The van der Waals surface area contributed by atoms with E-state index in [-0.39, 0.29) is 5.56 Å². The van der Waals surface area contributed by atoms with E-state index < -0.39 is 5.97 Å². The molecule has 2 atom stereocenters. The molecule has 0 aromatic heterocycles. The molecule has 0 aliphatic heterocycles. The lowest BCUT2D eigenvalue weighted by Gasteiger charge is -2.25. The summed E-state index contributed by atoms with van der Waals surface area (Å²) in [5, 5.41) is 9.06. The third-order valence-electron chi connectivity index (χ3n) is 7.54. The molecule has 0 fully saturated rings. The molecule has 0 aliphatic rings. The van der Waals surface area contributed by atoms with Crippen molar-refractivity contribution < 1.29 is 14.6 Å². The molecule has 0 heterocycles. The molecule has 2 aromatic carbocycles. The highest BCUT2D eigenvalue weighted by atomic mass is 16.5. The summed E-state index contributed by atoms with van der Waals surface area (Å²) in [5.41, 5.74) is 5.18. The Hall–Kier alpha value is -2.59. The number of hydrogen-bond donors (Lipinski definition) is 1. The van der Waals surface area contributed by atoms with Crippen LogP contribution in [0.4, 0.5) is 0 Å². The van der Waals surface area contributed by atoms with Gasteiger partial charge in [0.15, 0.2) is 0 Å². The molecule has 0 amide bonds. The van der Waals surface area contributed by atoms with Crippen molar-refractivity contribution >= 4 is 11.5 Å². The first-order chi connectivity index (χ1) is 19.1. The van der Waals surface area contributed by atoms with Gasteiger partial charge in [0.25, 0.3) is 0 Å². The predicted molar refractivity (Wildman–Crippen MR) is 175 cm³/mol. The summed E-state index contributed by atoms with van der Waals surface area (Å²) in [7, 11) is 0. The summed E-state index contributed by atoms with van der Waals surface area (Å²) in [4.78, 5) is 13.7. The summed E-state index contributed by atoms with van der Waals surface area (Å²) in [6, 6.07) is 12.5. The van der Waals surface area contributed by atoms with Crippen LogP contribution in [0.2, 0.25) is 0 Å². The van der Waals surface area contributed by atoms with Gasteiger partial charge in [-0.3, -0.25) is 0 Å². The number of nitrogens with zero attached hydrogens (tertiary/aromatic N) is 1. The molecule has 0 spiro atoms. The number of aromatic carboxylic acids is 1. The highest BCUT2D eigenvalue weighted by Crippen LogP contribution is 2.30. The van der Waals surface area contributed by atoms with E-state index in [0.717, 1.165) is 23.8 Å². The number of aryl methyl sites for hydroxylation is 1. The number of benzene rings is 2. The summed E-state index contributed by atoms with van der Waals surface area (Å²) in [6.45, 7) is 28.0. The lowest BCUT2D eigenvalue weighted by atomic mass is 9.96. The Balaban J connectivity index is 0.000000779. The van der Waals surface area contributed by atoms with Gasteiger partial charge < -0.3 is 14.7 Å². The van der Waals surface area contributed by atoms with E-state index >= 15 is 0 Å². The van der Waals surface area contributed by atoms with Gasteiger partial charge in [0.1, 0.15) is 11.5 Å². The second-order valence-corrected chi connectivity index (χ2v) is 10.8. The van der Waals surface area contributed by atoms with Gasteiger partial charge in [0.2, 0.25) is 0 Å². The summed E-state index contributed by atoms with van der Waals surface area (Å²) < 4.78 is 5.84. The van der Waals surface area contributed by atoms with Gasteiger partial charge in [-0.15, -0.1) is 0 Å². The van der Waals surface area contributed by atoms with Crippen LogP contribution in [0, 0.1) is 18.8 Å². The quantitative estimate of drug-likeness (QED) is 0.253. The van der Waals surface area contributed by atoms with Crippen LogP contribution in [0.3, 0.4) is 0 Å². The van der Waals surface area contributed by atoms with Gasteiger partial charge in [0.05, 0.1) is 5.56 Å². The number of ether oxygens (including phenoxy) is 1. The number of carboxylic acids is 1. The van der Waals surface area contributed by atoms with Crippen LogP contribution < -0.4 is 4.74 Å². The topological polar surface area (TPSA) is 49.8 Å². The molecule has 0 radical (unpaired) electrons. The van der Waals surface area contributed by atoms with E-state index in [4.69, 9.17) is 9.84 Å². The Bertz CT molecular complexity index is 1010. The van der Waals surface area contributed by atoms with Crippen LogP contribution in [-0.2, 0) is 0 Å².